The van der Waals surface area contributed by atoms with E-state index < -0.39 is 0 Å². The molecule has 1 aromatic heterocycles. The van der Waals surface area contributed by atoms with E-state index in [1.165, 1.54) is 12.8 Å². The zero-order valence-corrected chi connectivity index (χ0v) is 13.9. The van der Waals surface area contributed by atoms with Crippen molar-refractivity contribution >= 4 is 11.6 Å². The van der Waals surface area contributed by atoms with Gasteiger partial charge in [0.15, 0.2) is 5.82 Å². The van der Waals surface area contributed by atoms with E-state index >= 15 is 0 Å². The number of aromatic nitrogens is 2. The van der Waals surface area contributed by atoms with Crippen LogP contribution in [0, 0.1) is 11.3 Å². The van der Waals surface area contributed by atoms with E-state index in [9.17, 15) is 0 Å². The maximum absolute atomic E-state index is 6.26. The molecule has 0 aromatic carbocycles. The molecule has 0 radical (unpaired) electrons. The van der Waals surface area contributed by atoms with Crippen molar-refractivity contribution in [2.75, 3.05) is 0 Å². The second-order valence-electron chi connectivity index (χ2n) is 7.16. The van der Waals surface area contributed by atoms with Gasteiger partial charge >= 0.3 is 0 Å². The third-order valence-corrected chi connectivity index (χ3v) is 4.99. The van der Waals surface area contributed by atoms with Crippen LogP contribution in [-0.2, 0) is 0 Å². The topological polar surface area (TPSA) is 38.9 Å². The molecule has 1 fully saturated rings. The zero-order valence-electron chi connectivity index (χ0n) is 13.2. The lowest BCUT2D eigenvalue weighted by molar-refractivity contribution is 0.159. The molecule has 1 atom stereocenters. The summed E-state index contributed by atoms with van der Waals surface area (Å²) in [5.41, 5.74) is 0.410. The Kier molecular flexibility index (Phi) is 5.11. The van der Waals surface area contributed by atoms with Crippen molar-refractivity contribution in [3.05, 3.63) is 11.7 Å². The summed E-state index contributed by atoms with van der Waals surface area (Å²) < 4.78 is 5.45. The van der Waals surface area contributed by atoms with E-state index in [4.69, 9.17) is 16.1 Å². The summed E-state index contributed by atoms with van der Waals surface area (Å²) in [4.78, 5) is 4.53. The van der Waals surface area contributed by atoms with Crippen LogP contribution < -0.4 is 0 Å². The molecule has 1 saturated carbocycles. The summed E-state index contributed by atoms with van der Waals surface area (Å²) in [5.74, 6) is 2.71. The van der Waals surface area contributed by atoms with Crippen molar-refractivity contribution < 1.29 is 4.52 Å². The quantitative estimate of drug-likeness (QED) is 0.692. The SMILES string of the molecule is CCCC(Cl)c1noc(C2CCC(C(C)(C)C)CC2)n1. The van der Waals surface area contributed by atoms with Crippen molar-refractivity contribution in [1.29, 1.82) is 0 Å². The van der Waals surface area contributed by atoms with Crippen molar-refractivity contribution in [3.8, 4) is 0 Å². The summed E-state index contributed by atoms with van der Waals surface area (Å²) >= 11 is 6.26. The summed E-state index contributed by atoms with van der Waals surface area (Å²) in [6.45, 7) is 9.13. The highest BCUT2D eigenvalue weighted by Crippen LogP contribution is 2.43. The van der Waals surface area contributed by atoms with Gasteiger partial charge in [-0.2, -0.15) is 4.98 Å². The van der Waals surface area contributed by atoms with Gasteiger partial charge in [0.1, 0.15) is 0 Å². The Bertz CT molecular complexity index is 416. The molecule has 20 heavy (non-hydrogen) atoms. The average Bonchev–Trinajstić information content (AvgIpc) is 2.88. The fourth-order valence-corrected chi connectivity index (χ4v) is 3.44. The predicted octanol–water partition coefficient (Wildman–Crippen LogP) is 5.47. The van der Waals surface area contributed by atoms with Gasteiger partial charge in [0.05, 0.1) is 5.38 Å². The van der Waals surface area contributed by atoms with Crippen molar-refractivity contribution in [3.63, 3.8) is 0 Å². The fourth-order valence-electron chi connectivity index (χ4n) is 3.13. The molecule has 1 aliphatic carbocycles. The highest BCUT2D eigenvalue weighted by atomic mass is 35.5. The van der Waals surface area contributed by atoms with Gasteiger partial charge in [-0.1, -0.05) is 39.3 Å². The number of hydrogen-bond acceptors (Lipinski definition) is 3. The molecule has 1 heterocycles. The third kappa shape index (κ3) is 3.75. The first-order valence-electron chi connectivity index (χ1n) is 7.89. The van der Waals surface area contributed by atoms with E-state index in [1.54, 1.807) is 0 Å². The summed E-state index contributed by atoms with van der Waals surface area (Å²) in [6, 6.07) is 0. The van der Waals surface area contributed by atoms with Crippen LogP contribution in [0.5, 0.6) is 0 Å². The lowest BCUT2D eigenvalue weighted by Gasteiger charge is -2.35. The van der Waals surface area contributed by atoms with E-state index in [2.05, 4.69) is 37.8 Å². The molecule has 1 aromatic rings. The normalized spacial score (nSPS) is 25.6. The van der Waals surface area contributed by atoms with Crippen LogP contribution in [0.15, 0.2) is 4.52 Å². The molecule has 0 bridgehead atoms. The second kappa shape index (κ2) is 6.46. The van der Waals surface area contributed by atoms with Gasteiger partial charge < -0.3 is 4.52 Å². The lowest BCUT2D eigenvalue weighted by atomic mass is 9.70. The van der Waals surface area contributed by atoms with E-state index in [0.717, 1.165) is 37.5 Å². The standard InChI is InChI=1S/C16H27ClN2O/c1-5-6-13(17)14-18-15(20-19-14)11-7-9-12(10-8-11)16(2,3)4/h11-13H,5-10H2,1-4H3. The third-order valence-electron chi connectivity index (χ3n) is 4.58. The Morgan fingerprint density at radius 3 is 2.45 bits per heavy atom. The minimum atomic E-state index is -0.108. The van der Waals surface area contributed by atoms with Gasteiger partial charge in [0.25, 0.3) is 0 Å². The average molecular weight is 299 g/mol. The highest BCUT2D eigenvalue weighted by molar-refractivity contribution is 6.20. The van der Waals surface area contributed by atoms with Crippen LogP contribution in [0.3, 0.4) is 0 Å². The van der Waals surface area contributed by atoms with Crippen LogP contribution in [0.4, 0.5) is 0 Å². The smallest absolute Gasteiger partial charge is 0.229 e. The molecule has 0 aliphatic heterocycles. The summed E-state index contributed by atoms with van der Waals surface area (Å²) in [6.07, 6.45) is 6.76. The molecule has 0 amide bonds. The molecule has 0 saturated heterocycles. The van der Waals surface area contributed by atoms with Gasteiger partial charge in [-0.15, -0.1) is 11.6 Å². The van der Waals surface area contributed by atoms with Gasteiger partial charge in [-0.25, -0.2) is 0 Å². The van der Waals surface area contributed by atoms with Crippen LogP contribution in [-0.4, -0.2) is 10.1 Å². The van der Waals surface area contributed by atoms with E-state index in [-0.39, 0.29) is 5.38 Å². The molecule has 4 heteroatoms. The minimum Gasteiger partial charge on any atom is -0.339 e. The molecular weight excluding hydrogens is 272 g/mol. The number of alkyl halides is 1. The van der Waals surface area contributed by atoms with Gasteiger partial charge in [-0.05, 0) is 43.4 Å². The van der Waals surface area contributed by atoms with Gasteiger partial charge in [0, 0.05) is 5.92 Å². The van der Waals surface area contributed by atoms with Crippen molar-refractivity contribution in [2.45, 2.75) is 77.5 Å². The predicted molar refractivity (Wildman–Crippen MR) is 82.0 cm³/mol. The Balaban J connectivity index is 1.94. The molecule has 114 valence electrons. The summed E-state index contributed by atoms with van der Waals surface area (Å²) in [7, 11) is 0. The Hall–Kier alpha value is -0.570. The Morgan fingerprint density at radius 2 is 1.90 bits per heavy atom. The molecular formula is C16H27ClN2O. The molecule has 3 nitrogen and oxygen atoms in total. The largest absolute Gasteiger partial charge is 0.339 e. The Labute approximate surface area is 127 Å². The molecule has 0 N–H and O–H groups in total. The molecule has 1 unspecified atom stereocenters. The van der Waals surface area contributed by atoms with Crippen LogP contribution in [0.1, 0.15) is 89.2 Å². The van der Waals surface area contributed by atoms with Crippen LogP contribution in [0.2, 0.25) is 0 Å². The second-order valence-corrected chi connectivity index (χ2v) is 7.69. The van der Waals surface area contributed by atoms with Crippen molar-refractivity contribution in [2.24, 2.45) is 11.3 Å². The Morgan fingerprint density at radius 1 is 1.25 bits per heavy atom. The van der Waals surface area contributed by atoms with E-state index in [1.807, 2.05) is 0 Å². The number of halogens is 1. The number of nitrogens with zero attached hydrogens (tertiary/aromatic N) is 2. The minimum absolute atomic E-state index is 0.108. The van der Waals surface area contributed by atoms with Gasteiger partial charge in [0.2, 0.25) is 5.89 Å². The van der Waals surface area contributed by atoms with E-state index in [0.29, 0.717) is 17.2 Å². The van der Waals surface area contributed by atoms with Crippen LogP contribution >= 0.6 is 11.6 Å². The highest BCUT2D eigenvalue weighted by Gasteiger charge is 2.32. The maximum atomic E-state index is 6.26. The first kappa shape index (κ1) is 15.8. The molecule has 0 spiro atoms. The first-order valence-corrected chi connectivity index (χ1v) is 8.33. The van der Waals surface area contributed by atoms with Gasteiger partial charge in [-0.3, -0.25) is 0 Å². The number of rotatable bonds is 4. The number of hydrogen-bond donors (Lipinski definition) is 0. The van der Waals surface area contributed by atoms with Crippen molar-refractivity contribution in [1.82, 2.24) is 10.1 Å². The zero-order chi connectivity index (χ0) is 14.8. The fraction of sp³-hybridized carbons (Fsp3) is 0.875. The molecule has 1 aliphatic rings. The molecule has 2 rings (SSSR count). The lowest BCUT2D eigenvalue weighted by Crippen LogP contribution is -2.25. The summed E-state index contributed by atoms with van der Waals surface area (Å²) in [5, 5.41) is 3.95. The first-order chi connectivity index (χ1) is 9.41. The van der Waals surface area contributed by atoms with Crippen LogP contribution in [0.25, 0.3) is 0 Å². The maximum Gasteiger partial charge on any atom is 0.229 e. The monoisotopic (exact) mass is 298 g/mol.